The zero-order valence-corrected chi connectivity index (χ0v) is 17.0. The van der Waals surface area contributed by atoms with E-state index in [4.69, 9.17) is 4.74 Å². The monoisotopic (exact) mass is 386 g/mol. The van der Waals surface area contributed by atoms with Gasteiger partial charge in [0.05, 0.1) is 12.9 Å². The van der Waals surface area contributed by atoms with E-state index in [1.807, 2.05) is 63.2 Å². The highest BCUT2D eigenvalue weighted by atomic mass is 32.2. The number of methoxy groups -OCH3 is 1. The molecule has 144 valence electrons. The molecule has 0 saturated carbocycles. The van der Waals surface area contributed by atoms with Gasteiger partial charge in [0.25, 0.3) is 0 Å². The van der Waals surface area contributed by atoms with Crippen molar-refractivity contribution in [3.63, 3.8) is 0 Å². The van der Waals surface area contributed by atoms with Crippen molar-refractivity contribution < 1.29 is 14.3 Å². The molecule has 0 aliphatic rings. The van der Waals surface area contributed by atoms with Crippen LogP contribution >= 0.6 is 11.8 Å². The molecular formula is C21H26N2O3S. The van der Waals surface area contributed by atoms with Crippen LogP contribution in [-0.4, -0.2) is 24.7 Å². The van der Waals surface area contributed by atoms with Gasteiger partial charge in [-0.15, -0.1) is 11.8 Å². The second-order valence-corrected chi connectivity index (χ2v) is 8.43. The number of benzene rings is 2. The summed E-state index contributed by atoms with van der Waals surface area (Å²) in [6, 6.07) is 14.7. The Morgan fingerprint density at radius 3 is 2.26 bits per heavy atom. The Morgan fingerprint density at radius 2 is 1.63 bits per heavy atom. The fraction of sp³-hybridized carbons (Fsp3) is 0.333. The quantitative estimate of drug-likeness (QED) is 0.671. The maximum Gasteiger partial charge on any atom is 0.234 e. The van der Waals surface area contributed by atoms with Crippen molar-refractivity contribution in [1.82, 2.24) is 0 Å². The van der Waals surface area contributed by atoms with Crippen LogP contribution in [0.4, 0.5) is 11.4 Å². The van der Waals surface area contributed by atoms with Gasteiger partial charge in [0, 0.05) is 28.8 Å². The van der Waals surface area contributed by atoms with Crippen LogP contribution in [0.1, 0.15) is 27.2 Å². The molecule has 2 rings (SSSR count). The Morgan fingerprint density at radius 1 is 0.963 bits per heavy atom. The maximum atomic E-state index is 12.1. The van der Waals surface area contributed by atoms with Crippen molar-refractivity contribution in [3.8, 4) is 5.75 Å². The molecule has 2 aromatic carbocycles. The topological polar surface area (TPSA) is 67.4 Å². The van der Waals surface area contributed by atoms with Crippen molar-refractivity contribution in [2.75, 3.05) is 23.5 Å². The molecular weight excluding hydrogens is 360 g/mol. The first kappa shape index (κ1) is 20.8. The molecule has 0 aromatic heterocycles. The normalized spacial score (nSPS) is 11.0. The minimum atomic E-state index is -0.0872. The fourth-order valence-electron chi connectivity index (χ4n) is 2.37. The number of ether oxygens (including phenoxy) is 1. The van der Waals surface area contributed by atoms with Crippen LogP contribution in [0.2, 0.25) is 0 Å². The zero-order chi connectivity index (χ0) is 19.9. The summed E-state index contributed by atoms with van der Waals surface area (Å²) >= 11 is 1.44. The van der Waals surface area contributed by atoms with E-state index in [0.29, 0.717) is 23.6 Å². The number of hydrogen-bond acceptors (Lipinski definition) is 4. The number of amides is 2. The Bertz CT molecular complexity index is 783. The number of hydrogen-bond donors (Lipinski definition) is 2. The van der Waals surface area contributed by atoms with Gasteiger partial charge in [-0.2, -0.15) is 0 Å². The Kier molecular flexibility index (Phi) is 7.30. The molecule has 5 nitrogen and oxygen atoms in total. The number of nitrogens with one attached hydrogen (secondary N) is 2. The molecule has 0 fully saturated rings. The average Bonchev–Trinajstić information content (AvgIpc) is 2.59. The van der Waals surface area contributed by atoms with E-state index >= 15 is 0 Å². The van der Waals surface area contributed by atoms with Gasteiger partial charge in [0.15, 0.2) is 0 Å². The third-order valence-corrected chi connectivity index (χ3v) is 4.56. The standard InChI is InChI=1S/C21H26N2O3S/c1-21(2,3)13-19(24)22-15-8-10-18(11-9-15)27-14-20(25)23-16-6-5-7-17(12-16)26-4/h5-12H,13-14H2,1-4H3,(H,22,24)(H,23,25). The third-order valence-electron chi connectivity index (χ3n) is 3.55. The van der Waals surface area contributed by atoms with Gasteiger partial charge in [0.1, 0.15) is 5.75 Å². The Labute approximate surface area is 164 Å². The number of rotatable bonds is 7. The van der Waals surface area contributed by atoms with Gasteiger partial charge in [-0.25, -0.2) is 0 Å². The van der Waals surface area contributed by atoms with E-state index in [0.717, 1.165) is 10.6 Å². The highest BCUT2D eigenvalue weighted by Gasteiger charge is 2.15. The molecule has 2 aromatic rings. The maximum absolute atomic E-state index is 12.1. The first-order valence-electron chi connectivity index (χ1n) is 8.72. The van der Waals surface area contributed by atoms with Crippen molar-refractivity contribution >= 4 is 35.0 Å². The molecule has 0 atom stereocenters. The first-order chi connectivity index (χ1) is 12.7. The van der Waals surface area contributed by atoms with E-state index in [-0.39, 0.29) is 17.2 Å². The van der Waals surface area contributed by atoms with E-state index in [1.165, 1.54) is 11.8 Å². The average molecular weight is 387 g/mol. The molecule has 0 bridgehead atoms. The second kappa shape index (κ2) is 9.46. The van der Waals surface area contributed by atoms with Crippen molar-refractivity contribution in [1.29, 1.82) is 0 Å². The number of anilines is 2. The molecule has 0 radical (unpaired) electrons. The summed E-state index contributed by atoms with van der Waals surface area (Å²) in [6.45, 7) is 6.09. The summed E-state index contributed by atoms with van der Waals surface area (Å²) in [4.78, 5) is 25.0. The summed E-state index contributed by atoms with van der Waals surface area (Å²) in [5, 5.41) is 5.74. The Balaban J connectivity index is 1.82. The smallest absolute Gasteiger partial charge is 0.234 e. The molecule has 2 amide bonds. The van der Waals surface area contributed by atoms with Gasteiger partial charge in [-0.05, 0) is 41.8 Å². The number of thioether (sulfide) groups is 1. The van der Waals surface area contributed by atoms with Crippen LogP contribution in [0.25, 0.3) is 0 Å². The molecule has 27 heavy (non-hydrogen) atoms. The lowest BCUT2D eigenvalue weighted by molar-refractivity contribution is -0.118. The lowest BCUT2D eigenvalue weighted by Crippen LogP contribution is -2.19. The lowest BCUT2D eigenvalue weighted by Gasteiger charge is -2.17. The van der Waals surface area contributed by atoms with Crippen LogP contribution in [-0.2, 0) is 9.59 Å². The van der Waals surface area contributed by atoms with Crippen molar-refractivity contribution in [2.24, 2.45) is 5.41 Å². The van der Waals surface area contributed by atoms with Gasteiger partial charge < -0.3 is 15.4 Å². The lowest BCUT2D eigenvalue weighted by atomic mass is 9.92. The van der Waals surface area contributed by atoms with Crippen LogP contribution in [0.5, 0.6) is 5.75 Å². The fourth-order valence-corrected chi connectivity index (χ4v) is 3.07. The second-order valence-electron chi connectivity index (χ2n) is 7.38. The molecule has 0 spiro atoms. The van der Waals surface area contributed by atoms with E-state index in [1.54, 1.807) is 13.2 Å². The summed E-state index contributed by atoms with van der Waals surface area (Å²) in [6.07, 6.45) is 0.466. The minimum absolute atomic E-state index is 0.000528. The van der Waals surface area contributed by atoms with E-state index in [9.17, 15) is 9.59 Å². The highest BCUT2D eigenvalue weighted by Crippen LogP contribution is 2.23. The number of carbonyl (C=O) groups excluding carboxylic acids is 2. The summed E-state index contributed by atoms with van der Waals surface area (Å²) in [5.41, 5.74) is 1.42. The van der Waals surface area contributed by atoms with E-state index in [2.05, 4.69) is 10.6 Å². The third kappa shape index (κ3) is 7.74. The van der Waals surface area contributed by atoms with Crippen LogP contribution in [0.3, 0.4) is 0 Å². The highest BCUT2D eigenvalue weighted by molar-refractivity contribution is 8.00. The number of carbonyl (C=O) groups is 2. The first-order valence-corrected chi connectivity index (χ1v) is 9.70. The minimum Gasteiger partial charge on any atom is -0.497 e. The van der Waals surface area contributed by atoms with Crippen molar-refractivity contribution in [2.45, 2.75) is 32.1 Å². The SMILES string of the molecule is COc1cccc(NC(=O)CSc2ccc(NC(=O)CC(C)(C)C)cc2)c1. The molecule has 6 heteroatoms. The molecule has 2 N–H and O–H groups in total. The predicted molar refractivity (Wildman–Crippen MR) is 111 cm³/mol. The van der Waals surface area contributed by atoms with Gasteiger partial charge in [-0.1, -0.05) is 26.8 Å². The Hall–Kier alpha value is -2.47. The summed E-state index contributed by atoms with van der Waals surface area (Å²) < 4.78 is 5.14. The van der Waals surface area contributed by atoms with Crippen molar-refractivity contribution in [3.05, 3.63) is 48.5 Å². The predicted octanol–water partition coefficient (Wildman–Crippen LogP) is 4.80. The van der Waals surface area contributed by atoms with Gasteiger partial charge >= 0.3 is 0 Å². The molecule has 0 saturated heterocycles. The molecule has 0 heterocycles. The molecule has 0 aliphatic carbocycles. The van der Waals surface area contributed by atoms with E-state index < -0.39 is 0 Å². The van der Waals surface area contributed by atoms with Gasteiger partial charge in [0.2, 0.25) is 11.8 Å². The largest absolute Gasteiger partial charge is 0.497 e. The van der Waals surface area contributed by atoms with Crippen LogP contribution in [0, 0.1) is 5.41 Å². The zero-order valence-electron chi connectivity index (χ0n) is 16.2. The summed E-state index contributed by atoms with van der Waals surface area (Å²) in [5.74, 6) is 0.911. The van der Waals surface area contributed by atoms with Gasteiger partial charge in [-0.3, -0.25) is 9.59 Å². The van der Waals surface area contributed by atoms with Crippen LogP contribution in [0.15, 0.2) is 53.4 Å². The molecule has 0 aliphatic heterocycles. The molecule has 0 unspecified atom stereocenters. The van der Waals surface area contributed by atoms with Crippen LogP contribution < -0.4 is 15.4 Å². The summed E-state index contributed by atoms with van der Waals surface area (Å²) in [7, 11) is 1.59.